The molecule has 0 radical (unpaired) electrons. The lowest BCUT2D eigenvalue weighted by atomic mass is 9.86. The van der Waals surface area contributed by atoms with Crippen LogP contribution in [0.3, 0.4) is 0 Å². The van der Waals surface area contributed by atoms with Crippen LogP contribution in [0.25, 0.3) is 0 Å². The highest BCUT2D eigenvalue weighted by molar-refractivity contribution is 7.80. The molecule has 6 heteroatoms. The van der Waals surface area contributed by atoms with Gasteiger partial charge in [-0.15, -0.1) is 0 Å². The number of benzene rings is 1. The molecule has 1 unspecified atom stereocenters. The number of ketones is 1. The van der Waals surface area contributed by atoms with Gasteiger partial charge in [-0.25, -0.2) is 0 Å². The Kier molecular flexibility index (Phi) is 9.69. The predicted molar refractivity (Wildman–Crippen MR) is 132 cm³/mol. The summed E-state index contributed by atoms with van der Waals surface area (Å²) < 4.78 is 10.8. The van der Waals surface area contributed by atoms with E-state index in [0.29, 0.717) is 29.4 Å². The van der Waals surface area contributed by atoms with Gasteiger partial charge in [0.15, 0.2) is 0 Å². The highest BCUT2D eigenvalue weighted by atomic mass is 32.1. The van der Waals surface area contributed by atoms with E-state index in [1.165, 1.54) is 0 Å². The maximum absolute atomic E-state index is 13.7. The van der Waals surface area contributed by atoms with E-state index in [0.717, 1.165) is 24.1 Å². The van der Waals surface area contributed by atoms with Crippen molar-refractivity contribution in [2.45, 2.75) is 32.7 Å². The Hall–Kier alpha value is -2.70. The average molecular weight is 441 g/mol. The maximum Gasteiger partial charge on any atom is 0.201 e. The van der Waals surface area contributed by atoms with Crippen molar-refractivity contribution >= 4 is 28.6 Å². The number of allylic oxidation sites excluding steroid dienone is 6. The number of hydrogen-bond acceptors (Lipinski definition) is 6. The van der Waals surface area contributed by atoms with Gasteiger partial charge in [0.05, 0.1) is 18.8 Å². The molecule has 0 aliphatic carbocycles. The summed E-state index contributed by atoms with van der Waals surface area (Å²) in [6.45, 7) is 8.80. The molecule has 0 bridgehead atoms. The van der Waals surface area contributed by atoms with Crippen LogP contribution in [0.4, 0.5) is 5.69 Å². The summed E-state index contributed by atoms with van der Waals surface area (Å²) in [6.07, 6.45) is 8.84. The number of carbonyl (C=O) groups excluding carboxylic acids is 1. The SMILES string of the molecule is C=C/C(=C\C=C/C)C(C(C)=S)=C(N)C(=O)C(Nc1cccc(OC)c1)C1CCOCC1. The smallest absolute Gasteiger partial charge is 0.201 e. The zero-order chi connectivity index (χ0) is 22.8. The van der Waals surface area contributed by atoms with Crippen molar-refractivity contribution in [3.63, 3.8) is 0 Å². The molecule has 5 nitrogen and oxygen atoms in total. The van der Waals surface area contributed by atoms with Gasteiger partial charge in [0.1, 0.15) is 5.75 Å². The number of rotatable bonds is 10. The second-order valence-electron chi connectivity index (χ2n) is 7.36. The van der Waals surface area contributed by atoms with Crippen molar-refractivity contribution in [3.8, 4) is 5.75 Å². The lowest BCUT2D eigenvalue weighted by molar-refractivity contribution is -0.118. The van der Waals surface area contributed by atoms with E-state index in [1.807, 2.05) is 49.4 Å². The third kappa shape index (κ3) is 6.64. The number of Topliss-reactive ketones (excluding diaryl/α,β-unsaturated/α-hetero) is 1. The Morgan fingerprint density at radius 1 is 1.39 bits per heavy atom. The number of nitrogens with one attached hydrogen (secondary N) is 1. The topological polar surface area (TPSA) is 73.6 Å². The summed E-state index contributed by atoms with van der Waals surface area (Å²) in [5.74, 6) is 0.622. The van der Waals surface area contributed by atoms with E-state index >= 15 is 0 Å². The van der Waals surface area contributed by atoms with Gasteiger partial charge in [-0.2, -0.15) is 0 Å². The molecule has 0 amide bonds. The van der Waals surface area contributed by atoms with Gasteiger partial charge in [0, 0.05) is 35.4 Å². The average Bonchev–Trinajstić information content (AvgIpc) is 2.79. The highest BCUT2D eigenvalue weighted by Gasteiger charge is 2.32. The van der Waals surface area contributed by atoms with Gasteiger partial charge in [0.2, 0.25) is 5.78 Å². The van der Waals surface area contributed by atoms with Gasteiger partial charge in [-0.3, -0.25) is 4.79 Å². The summed E-state index contributed by atoms with van der Waals surface area (Å²) in [4.78, 5) is 14.2. The fourth-order valence-corrected chi connectivity index (χ4v) is 3.86. The number of carbonyl (C=O) groups is 1. The fourth-order valence-electron chi connectivity index (χ4n) is 3.63. The van der Waals surface area contributed by atoms with E-state index in [-0.39, 0.29) is 17.4 Å². The van der Waals surface area contributed by atoms with E-state index in [9.17, 15) is 4.79 Å². The van der Waals surface area contributed by atoms with Crippen LogP contribution in [-0.2, 0) is 9.53 Å². The van der Waals surface area contributed by atoms with Crippen LogP contribution in [-0.4, -0.2) is 37.0 Å². The van der Waals surface area contributed by atoms with E-state index in [4.69, 9.17) is 27.4 Å². The number of thiocarbonyl (C=S) groups is 1. The third-order valence-corrected chi connectivity index (χ3v) is 5.48. The van der Waals surface area contributed by atoms with Crippen molar-refractivity contribution < 1.29 is 14.3 Å². The van der Waals surface area contributed by atoms with Crippen molar-refractivity contribution in [2.75, 3.05) is 25.6 Å². The molecule has 2 rings (SSSR count). The van der Waals surface area contributed by atoms with Crippen LogP contribution < -0.4 is 15.8 Å². The quantitative estimate of drug-likeness (QED) is 0.310. The Morgan fingerprint density at radius 3 is 2.68 bits per heavy atom. The summed E-state index contributed by atoms with van der Waals surface area (Å²) >= 11 is 5.45. The predicted octanol–water partition coefficient (Wildman–Crippen LogP) is 4.76. The number of ether oxygens (including phenoxy) is 2. The molecule has 1 aliphatic heterocycles. The van der Waals surface area contributed by atoms with Gasteiger partial charge < -0.3 is 20.5 Å². The summed E-state index contributed by atoms with van der Waals surface area (Å²) in [6, 6.07) is 7.02. The first-order valence-corrected chi connectivity index (χ1v) is 10.8. The lowest BCUT2D eigenvalue weighted by Gasteiger charge is -2.31. The Balaban J connectivity index is 2.49. The molecule has 1 atom stereocenters. The van der Waals surface area contributed by atoms with Gasteiger partial charge in [-0.1, -0.05) is 49.2 Å². The second-order valence-corrected chi connectivity index (χ2v) is 7.98. The first kappa shape index (κ1) is 24.6. The lowest BCUT2D eigenvalue weighted by Crippen LogP contribution is -2.42. The van der Waals surface area contributed by atoms with E-state index in [1.54, 1.807) is 20.1 Å². The summed E-state index contributed by atoms with van der Waals surface area (Å²) in [5, 5.41) is 3.40. The van der Waals surface area contributed by atoms with Crippen molar-refractivity contribution in [2.24, 2.45) is 11.7 Å². The minimum Gasteiger partial charge on any atom is -0.497 e. The van der Waals surface area contributed by atoms with Crippen LogP contribution in [0, 0.1) is 5.92 Å². The van der Waals surface area contributed by atoms with Gasteiger partial charge in [0.25, 0.3) is 0 Å². The Labute approximate surface area is 190 Å². The van der Waals surface area contributed by atoms with Gasteiger partial charge >= 0.3 is 0 Å². The Bertz CT molecular complexity index is 896. The largest absolute Gasteiger partial charge is 0.497 e. The molecule has 1 saturated heterocycles. The minimum absolute atomic E-state index is 0.0874. The monoisotopic (exact) mass is 440 g/mol. The van der Waals surface area contributed by atoms with E-state index in [2.05, 4.69) is 11.9 Å². The summed E-state index contributed by atoms with van der Waals surface area (Å²) in [7, 11) is 1.61. The first-order chi connectivity index (χ1) is 14.9. The molecule has 1 aromatic carbocycles. The molecular formula is C25H32N2O3S. The summed E-state index contributed by atoms with van der Waals surface area (Å²) in [5.41, 5.74) is 8.69. The standard InChI is InChI=1S/C25H32N2O3S/c1-5-7-9-18(6-2)22(17(3)31)23(26)25(28)24(19-12-14-30-15-13-19)27-20-10-8-11-21(16-20)29-4/h5-11,16,19,24,27H,2,12-15,26H2,1,3-4H3/b7-5-,18-9+,23-22?. The molecule has 1 fully saturated rings. The molecule has 0 spiro atoms. The first-order valence-electron chi connectivity index (χ1n) is 10.4. The minimum atomic E-state index is -0.506. The second kappa shape index (κ2) is 12.2. The van der Waals surface area contributed by atoms with E-state index < -0.39 is 6.04 Å². The molecule has 1 aliphatic rings. The van der Waals surface area contributed by atoms with Crippen LogP contribution in [0.5, 0.6) is 5.75 Å². The molecule has 1 heterocycles. The molecule has 166 valence electrons. The number of anilines is 1. The van der Waals surface area contributed by atoms with Crippen molar-refractivity contribution in [1.29, 1.82) is 0 Å². The van der Waals surface area contributed by atoms with Crippen LogP contribution in [0.1, 0.15) is 26.7 Å². The fraction of sp³-hybridized carbons (Fsp3) is 0.360. The third-order valence-electron chi connectivity index (χ3n) is 5.28. The number of methoxy groups -OCH3 is 1. The number of nitrogens with two attached hydrogens (primary N) is 1. The molecule has 0 aromatic heterocycles. The molecule has 1 aromatic rings. The van der Waals surface area contributed by atoms with Crippen LogP contribution in [0.15, 0.2) is 72.0 Å². The van der Waals surface area contributed by atoms with Crippen molar-refractivity contribution in [3.05, 3.63) is 72.0 Å². The molecule has 0 saturated carbocycles. The maximum atomic E-state index is 13.7. The molecule has 31 heavy (non-hydrogen) atoms. The molecular weight excluding hydrogens is 408 g/mol. The normalized spacial score (nSPS) is 17.1. The zero-order valence-corrected chi connectivity index (χ0v) is 19.3. The Morgan fingerprint density at radius 2 is 2.10 bits per heavy atom. The van der Waals surface area contributed by atoms with Gasteiger partial charge in [-0.05, 0) is 50.3 Å². The molecule has 3 N–H and O–H groups in total. The van der Waals surface area contributed by atoms with Crippen LogP contribution in [0.2, 0.25) is 0 Å². The number of hydrogen-bond donors (Lipinski definition) is 2. The van der Waals surface area contributed by atoms with Crippen molar-refractivity contribution in [1.82, 2.24) is 0 Å². The zero-order valence-electron chi connectivity index (χ0n) is 18.5. The van der Waals surface area contributed by atoms with Crippen LogP contribution >= 0.6 is 12.2 Å². The highest BCUT2D eigenvalue weighted by Crippen LogP contribution is 2.27.